The molecule has 0 aliphatic rings. The van der Waals surface area contributed by atoms with Crippen molar-refractivity contribution in [3.8, 4) is 0 Å². The van der Waals surface area contributed by atoms with Gasteiger partial charge in [0.15, 0.2) is 0 Å². The lowest BCUT2D eigenvalue weighted by Crippen LogP contribution is -2.24. The SMILES string of the molecule is C=CCNC(=O)c1cnc(NC(C)CC)nc1. The molecule has 0 aliphatic heterocycles. The molecule has 1 aromatic rings. The van der Waals surface area contributed by atoms with Gasteiger partial charge >= 0.3 is 0 Å². The maximum absolute atomic E-state index is 11.5. The van der Waals surface area contributed by atoms with E-state index in [1.54, 1.807) is 6.08 Å². The van der Waals surface area contributed by atoms with Crippen LogP contribution in [0.5, 0.6) is 0 Å². The highest BCUT2D eigenvalue weighted by molar-refractivity contribution is 5.93. The van der Waals surface area contributed by atoms with Crippen LogP contribution < -0.4 is 10.6 Å². The van der Waals surface area contributed by atoms with Crippen LogP contribution in [-0.2, 0) is 0 Å². The number of hydrogen-bond acceptors (Lipinski definition) is 4. The van der Waals surface area contributed by atoms with Crippen LogP contribution in [0, 0.1) is 0 Å². The maximum atomic E-state index is 11.5. The van der Waals surface area contributed by atoms with Crippen LogP contribution in [-0.4, -0.2) is 28.5 Å². The molecule has 2 N–H and O–H groups in total. The van der Waals surface area contributed by atoms with E-state index >= 15 is 0 Å². The van der Waals surface area contributed by atoms with E-state index in [4.69, 9.17) is 0 Å². The molecule has 5 heteroatoms. The monoisotopic (exact) mass is 234 g/mol. The van der Waals surface area contributed by atoms with E-state index in [-0.39, 0.29) is 5.91 Å². The third kappa shape index (κ3) is 4.22. The first-order valence-corrected chi connectivity index (χ1v) is 5.65. The molecule has 17 heavy (non-hydrogen) atoms. The topological polar surface area (TPSA) is 66.9 Å². The molecule has 1 rings (SSSR count). The molecule has 1 aromatic heterocycles. The Bertz CT molecular complexity index is 375. The summed E-state index contributed by atoms with van der Waals surface area (Å²) >= 11 is 0. The highest BCUT2D eigenvalue weighted by atomic mass is 16.1. The minimum absolute atomic E-state index is 0.194. The van der Waals surface area contributed by atoms with E-state index in [1.165, 1.54) is 12.4 Å². The molecule has 1 heterocycles. The molecule has 0 saturated carbocycles. The number of carbonyl (C=O) groups excluding carboxylic acids is 1. The number of nitrogens with zero attached hydrogens (tertiary/aromatic N) is 2. The first-order valence-electron chi connectivity index (χ1n) is 5.65. The maximum Gasteiger partial charge on any atom is 0.254 e. The van der Waals surface area contributed by atoms with Gasteiger partial charge in [-0.05, 0) is 13.3 Å². The second kappa shape index (κ2) is 6.62. The van der Waals surface area contributed by atoms with Crippen molar-refractivity contribution in [1.82, 2.24) is 15.3 Å². The van der Waals surface area contributed by atoms with Gasteiger partial charge < -0.3 is 10.6 Å². The van der Waals surface area contributed by atoms with E-state index in [2.05, 4.69) is 34.1 Å². The summed E-state index contributed by atoms with van der Waals surface area (Å²) in [6.07, 6.45) is 5.63. The third-order valence-corrected chi connectivity index (χ3v) is 2.31. The zero-order valence-electron chi connectivity index (χ0n) is 10.2. The van der Waals surface area contributed by atoms with Crippen LogP contribution in [0.4, 0.5) is 5.95 Å². The van der Waals surface area contributed by atoms with Gasteiger partial charge in [-0.15, -0.1) is 6.58 Å². The largest absolute Gasteiger partial charge is 0.352 e. The molecule has 0 spiro atoms. The van der Waals surface area contributed by atoms with Gasteiger partial charge in [0.05, 0.1) is 5.56 Å². The van der Waals surface area contributed by atoms with Gasteiger partial charge in [0.1, 0.15) is 0 Å². The molecule has 5 nitrogen and oxygen atoms in total. The molecule has 1 amide bonds. The average Bonchev–Trinajstić information content (AvgIpc) is 2.36. The fourth-order valence-electron chi connectivity index (χ4n) is 1.11. The Balaban J connectivity index is 2.61. The Labute approximate surface area is 101 Å². The number of rotatable bonds is 6. The fraction of sp³-hybridized carbons (Fsp3) is 0.417. The Morgan fingerprint density at radius 1 is 1.53 bits per heavy atom. The summed E-state index contributed by atoms with van der Waals surface area (Å²) in [5.41, 5.74) is 0.446. The van der Waals surface area contributed by atoms with Gasteiger partial charge in [-0.25, -0.2) is 9.97 Å². The number of aromatic nitrogens is 2. The smallest absolute Gasteiger partial charge is 0.254 e. The van der Waals surface area contributed by atoms with E-state index < -0.39 is 0 Å². The zero-order chi connectivity index (χ0) is 12.7. The van der Waals surface area contributed by atoms with Gasteiger partial charge in [0.25, 0.3) is 5.91 Å². The van der Waals surface area contributed by atoms with Gasteiger partial charge in [0, 0.05) is 25.0 Å². The Morgan fingerprint density at radius 2 is 2.18 bits per heavy atom. The molecule has 0 fully saturated rings. The van der Waals surface area contributed by atoms with Crippen LogP contribution in [0.1, 0.15) is 30.6 Å². The number of nitrogens with one attached hydrogen (secondary N) is 2. The molecule has 1 atom stereocenters. The molecule has 92 valence electrons. The normalized spacial score (nSPS) is 11.6. The van der Waals surface area contributed by atoms with E-state index in [9.17, 15) is 4.79 Å². The lowest BCUT2D eigenvalue weighted by molar-refractivity contribution is 0.0957. The van der Waals surface area contributed by atoms with E-state index in [1.807, 2.05) is 6.92 Å². The van der Waals surface area contributed by atoms with Crippen molar-refractivity contribution in [1.29, 1.82) is 0 Å². The van der Waals surface area contributed by atoms with Crippen LogP contribution in [0.25, 0.3) is 0 Å². The minimum Gasteiger partial charge on any atom is -0.352 e. The summed E-state index contributed by atoms with van der Waals surface area (Å²) in [4.78, 5) is 19.7. The van der Waals surface area contributed by atoms with E-state index in [0.717, 1.165) is 6.42 Å². The van der Waals surface area contributed by atoms with Crippen molar-refractivity contribution in [3.05, 3.63) is 30.6 Å². The fourth-order valence-corrected chi connectivity index (χ4v) is 1.11. The second-order valence-corrected chi connectivity index (χ2v) is 3.75. The van der Waals surface area contributed by atoms with Crippen molar-refractivity contribution >= 4 is 11.9 Å². The summed E-state index contributed by atoms with van der Waals surface area (Å²) in [5, 5.41) is 5.79. The molecule has 0 radical (unpaired) electrons. The summed E-state index contributed by atoms with van der Waals surface area (Å²) in [5.74, 6) is 0.347. The quantitative estimate of drug-likeness (QED) is 0.734. The second-order valence-electron chi connectivity index (χ2n) is 3.75. The van der Waals surface area contributed by atoms with Gasteiger partial charge in [-0.1, -0.05) is 13.0 Å². The molecule has 0 aliphatic carbocycles. The highest BCUT2D eigenvalue weighted by Gasteiger charge is 2.06. The molecule has 0 aromatic carbocycles. The Hall–Kier alpha value is -1.91. The standard InChI is InChI=1S/C12H18N4O/c1-4-6-13-11(17)10-7-14-12(15-8-10)16-9(3)5-2/h4,7-9H,1,5-6H2,2-3H3,(H,13,17)(H,14,15,16). The lowest BCUT2D eigenvalue weighted by Gasteiger charge is -2.10. The number of hydrogen-bond donors (Lipinski definition) is 2. The summed E-state index contributed by atoms with van der Waals surface area (Å²) in [6.45, 7) is 8.09. The average molecular weight is 234 g/mol. The third-order valence-electron chi connectivity index (χ3n) is 2.31. The predicted octanol–water partition coefficient (Wildman–Crippen LogP) is 1.60. The van der Waals surface area contributed by atoms with Crippen LogP contribution in [0.15, 0.2) is 25.0 Å². The van der Waals surface area contributed by atoms with Crippen molar-refractivity contribution in [3.63, 3.8) is 0 Å². The molecular formula is C12H18N4O. The first-order chi connectivity index (χ1) is 8.17. The molecule has 0 bridgehead atoms. The van der Waals surface area contributed by atoms with Crippen LogP contribution >= 0.6 is 0 Å². The molecule has 1 unspecified atom stereocenters. The molecule has 0 saturated heterocycles. The number of carbonyl (C=O) groups is 1. The Kier molecular flexibility index (Phi) is 5.13. The minimum atomic E-state index is -0.194. The summed E-state index contributed by atoms with van der Waals surface area (Å²) < 4.78 is 0. The van der Waals surface area contributed by atoms with Crippen LogP contribution in [0.3, 0.4) is 0 Å². The number of amides is 1. The highest BCUT2D eigenvalue weighted by Crippen LogP contribution is 2.03. The van der Waals surface area contributed by atoms with Crippen molar-refractivity contribution in [2.75, 3.05) is 11.9 Å². The molecular weight excluding hydrogens is 216 g/mol. The Morgan fingerprint density at radius 3 is 2.71 bits per heavy atom. The summed E-state index contributed by atoms with van der Waals surface area (Å²) in [6, 6.07) is 0.315. The summed E-state index contributed by atoms with van der Waals surface area (Å²) in [7, 11) is 0. The van der Waals surface area contributed by atoms with Crippen LogP contribution in [0.2, 0.25) is 0 Å². The van der Waals surface area contributed by atoms with E-state index in [0.29, 0.717) is 24.1 Å². The van der Waals surface area contributed by atoms with Gasteiger partial charge in [0.2, 0.25) is 5.95 Å². The van der Waals surface area contributed by atoms with Gasteiger partial charge in [-0.3, -0.25) is 4.79 Å². The zero-order valence-corrected chi connectivity index (χ0v) is 10.2. The van der Waals surface area contributed by atoms with Crippen molar-refractivity contribution < 1.29 is 4.79 Å². The lowest BCUT2D eigenvalue weighted by atomic mass is 10.3. The first kappa shape index (κ1) is 13.2. The van der Waals surface area contributed by atoms with Gasteiger partial charge in [-0.2, -0.15) is 0 Å². The number of anilines is 1. The predicted molar refractivity (Wildman–Crippen MR) is 67.9 cm³/mol. The van der Waals surface area contributed by atoms with Crippen molar-refractivity contribution in [2.45, 2.75) is 26.3 Å². The van der Waals surface area contributed by atoms with Crippen molar-refractivity contribution in [2.24, 2.45) is 0 Å².